The average molecular weight is 291 g/mol. The van der Waals surface area contributed by atoms with Crippen molar-refractivity contribution in [2.75, 3.05) is 18.4 Å². The molecule has 2 rings (SSSR count). The van der Waals surface area contributed by atoms with Gasteiger partial charge in [0.05, 0.1) is 11.5 Å². The third-order valence-corrected chi connectivity index (χ3v) is 3.55. The highest BCUT2D eigenvalue weighted by Crippen LogP contribution is 2.24. The second kappa shape index (κ2) is 5.79. The molecule has 0 saturated carbocycles. The van der Waals surface area contributed by atoms with Crippen molar-refractivity contribution in [3.63, 3.8) is 0 Å². The minimum atomic E-state index is -0.925. The predicted octanol–water partition coefficient (Wildman–Crippen LogP) is 1.88. The van der Waals surface area contributed by atoms with Gasteiger partial charge in [-0.3, -0.25) is 4.79 Å². The number of carbonyl (C=O) groups excluding carboxylic acids is 1. The number of rotatable bonds is 2. The van der Waals surface area contributed by atoms with E-state index in [1.165, 1.54) is 17.0 Å². The molecule has 0 radical (unpaired) electrons. The maximum atomic E-state index is 13.2. The zero-order valence-corrected chi connectivity index (χ0v) is 11.3. The molecule has 1 saturated heterocycles. The third kappa shape index (κ3) is 3.11. The van der Waals surface area contributed by atoms with E-state index in [-0.39, 0.29) is 18.0 Å². The quantitative estimate of drug-likeness (QED) is 0.870. The summed E-state index contributed by atoms with van der Waals surface area (Å²) in [5.74, 6) is -2.29. The highest BCUT2D eigenvalue weighted by molar-refractivity contribution is 5.90. The number of likely N-dealkylation sites (tertiary alicyclic amines) is 1. The van der Waals surface area contributed by atoms with Crippen molar-refractivity contribution in [1.82, 2.24) is 4.90 Å². The molecule has 1 aromatic carbocycles. The largest absolute Gasteiger partial charge is 0.481 e. The van der Waals surface area contributed by atoms with Gasteiger partial charge in [0.25, 0.3) is 0 Å². The number of hydrogen-bond acceptors (Lipinski definition) is 3. The summed E-state index contributed by atoms with van der Waals surface area (Å²) < 4.78 is 13.2. The fourth-order valence-electron chi connectivity index (χ4n) is 2.35. The maximum Gasteiger partial charge on any atom is 0.321 e. The van der Waals surface area contributed by atoms with Crippen LogP contribution in [-0.4, -0.2) is 35.1 Å². The van der Waals surface area contributed by atoms with Crippen molar-refractivity contribution < 1.29 is 19.1 Å². The van der Waals surface area contributed by atoms with Gasteiger partial charge in [0.2, 0.25) is 0 Å². The summed E-state index contributed by atoms with van der Waals surface area (Å²) >= 11 is 0. The van der Waals surface area contributed by atoms with Gasteiger partial charge in [-0.25, -0.2) is 9.18 Å². The second-order valence-electron chi connectivity index (χ2n) is 5.06. The van der Waals surface area contributed by atoms with Crippen LogP contribution in [0.1, 0.15) is 12.5 Å². The molecule has 7 heteroatoms. The Morgan fingerprint density at radius 2 is 2.19 bits per heavy atom. The molecule has 1 fully saturated rings. The lowest BCUT2D eigenvalue weighted by Gasteiger charge is -2.17. The van der Waals surface area contributed by atoms with Crippen molar-refractivity contribution >= 4 is 17.7 Å². The summed E-state index contributed by atoms with van der Waals surface area (Å²) in [5, 5.41) is 20.3. The molecule has 0 spiro atoms. The summed E-state index contributed by atoms with van der Waals surface area (Å²) in [6, 6.07) is 4.92. The molecule has 0 unspecified atom stereocenters. The number of nitrogens with one attached hydrogen (secondary N) is 1. The Labute approximate surface area is 120 Å². The van der Waals surface area contributed by atoms with E-state index >= 15 is 0 Å². The lowest BCUT2D eigenvalue weighted by molar-refractivity contribution is -0.142. The van der Waals surface area contributed by atoms with Gasteiger partial charge < -0.3 is 15.3 Å². The molecule has 0 aliphatic carbocycles. The number of benzene rings is 1. The molecule has 1 heterocycles. The Morgan fingerprint density at radius 1 is 1.48 bits per heavy atom. The monoisotopic (exact) mass is 291 g/mol. The summed E-state index contributed by atoms with van der Waals surface area (Å²) in [4.78, 5) is 24.5. The van der Waals surface area contributed by atoms with Crippen LogP contribution in [0, 0.1) is 29.0 Å². The molecule has 1 aliphatic heterocycles. The van der Waals surface area contributed by atoms with E-state index in [2.05, 4.69) is 5.32 Å². The zero-order chi connectivity index (χ0) is 15.6. The van der Waals surface area contributed by atoms with Crippen LogP contribution in [0.2, 0.25) is 0 Å². The molecule has 0 bridgehead atoms. The van der Waals surface area contributed by atoms with E-state index in [0.29, 0.717) is 12.2 Å². The Balaban J connectivity index is 2.06. The van der Waals surface area contributed by atoms with Gasteiger partial charge in [-0.1, -0.05) is 6.92 Å². The molecule has 2 atom stereocenters. The smallest absolute Gasteiger partial charge is 0.321 e. The molecule has 1 aromatic rings. The fourth-order valence-corrected chi connectivity index (χ4v) is 2.35. The van der Waals surface area contributed by atoms with Crippen molar-refractivity contribution in [3.05, 3.63) is 29.6 Å². The van der Waals surface area contributed by atoms with Crippen LogP contribution in [0.25, 0.3) is 0 Å². The van der Waals surface area contributed by atoms with Crippen LogP contribution >= 0.6 is 0 Å². The number of urea groups is 1. The number of carboxylic acids is 1. The van der Waals surface area contributed by atoms with E-state index in [1.54, 1.807) is 13.0 Å². The summed E-state index contributed by atoms with van der Waals surface area (Å²) in [6.07, 6.45) is 0. The van der Waals surface area contributed by atoms with Crippen LogP contribution in [0.15, 0.2) is 18.2 Å². The summed E-state index contributed by atoms with van der Waals surface area (Å²) in [6.45, 7) is 2.25. The number of nitrogens with zero attached hydrogens (tertiary/aromatic N) is 2. The van der Waals surface area contributed by atoms with Gasteiger partial charge in [-0.2, -0.15) is 5.26 Å². The molecular formula is C14H14FN3O3. The molecule has 110 valence electrons. The van der Waals surface area contributed by atoms with Crippen LogP contribution in [0.4, 0.5) is 14.9 Å². The van der Waals surface area contributed by atoms with Gasteiger partial charge in [0, 0.05) is 18.8 Å². The Hall–Kier alpha value is -2.62. The number of anilines is 1. The fraction of sp³-hybridized carbons (Fsp3) is 0.357. The van der Waals surface area contributed by atoms with Crippen LogP contribution in [-0.2, 0) is 4.79 Å². The summed E-state index contributed by atoms with van der Waals surface area (Å²) in [5.41, 5.74) is 0.135. The van der Waals surface area contributed by atoms with E-state index in [4.69, 9.17) is 10.4 Å². The third-order valence-electron chi connectivity index (χ3n) is 3.55. The maximum absolute atomic E-state index is 13.2. The Morgan fingerprint density at radius 3 is 2.76 bits per heavy atom. The first-order valence-corrected chi connectivity index (χ1v) is 6.40. The number of halogens is 1. The highest BCUT2D eigenvalue weighted by Gasteiger charge is 2.36. The van der Waals surface area contributed by atoms with Crippen molar-refractivity contribution in [2.24, 2.45) is 11.8 Å². The number of carboxylic acid groups (broad SMARTS) is 1. The van der Waals surface area contributed by atoms with Gasteiger partial charge in [0.1, 0.15) is 11.9 Å². The normalized spacial score (nSPS) is 20.9. The molecule has 1 aliphatic rings. The second-order valence-corrected chi connectivity index (χ2v) is 5.06. The van der Waals surface area contributed by atoms with Crippen molar-refractivity contribution in [1.29, 1.82) is 5.26 Å². The minimum absolute atomic E-state index is 0.129. The zero-order valence-electron chi connectivity index (χ0n) is 11.3. The first-order valence-electron chi connectivity index (χ1n) is 6.40. The minimum Gasteiger partial charge on any atom is -0.481 e. The molecule has 6 nitrogen and oxygen atoms in total. The highest BCUT2D eigenvalue weighted by atomic mass is 19.1. The number of amides is 2. The van der Waals surface area contributed by atoms with Gasteiger partial charge in [-0.15, -0.1) is 0 Å². The summed E-state index contributed by atoms with van der Waals surface area (Å²) in [7, 11) is 0. The van der Waals surface area contributed by atoms with Gasteiger partial charge in [0.15, 0.2) is 0 Å². The number of carbonyl (C=O) groups is 2. The van der Waals surface area contributed by atoms with E-state index in [9.17, 15) is 14.0 Å². The van der Waals surface area contributed by atoms with Gasteiger partial charge >= 0.3 is 12.0 Å². The standard InChI is InChI=1S/C14H14FN3O3/c1-8-6-18(7-11(8)13(19)20)14(21)17-10-2-3-12(15)9(4-10)5-16/h2-4,8,11H,6-7H2,1H3,(H,17,21)(H,19,20)/t8-,11-/m1/s1. The van der Waals surface area contributed by atoms with E-state index in [1.807, 2.05) is 0 Å². The van der Waals surface area contributed by atoms with Crippen molar-refractivity contribution in [3.8, 4) is 6.07 Å². The van der Waals surface area contributed by atoms with Crippen molar-refractivity contribution in [2.45, 2.75) is 6.92 Å². The molecular weight excluding hydrogens is 277 g/mol. The first-order chi connectivity index (χ1) is 9.92. The van der Waals surface area contributed by atoms with E-state index < -0.39 is 23.7 Å². The van der Waals surface area contributed by atoms with Crippen LogP contribution < -0.4 is 5.32 Å². The predicted molar refractivity (Wildman–Crippen MR) is 72.0 cm³/mol. The Kier molecular flexibility index (Phi) is 4.08. The average Bonchev–Trinajstić information content (AvgIpc) is 2.83. The molecule has 0 aromatic heterocycles. The SMILES string of the molecule is C[C@@H]1CN(C(=O)Nc2ccc(F)c(C#N)c2)C[C@H]1C(=O)O. The molecule has 21 heavy (non-hydrogen) atoms. The first kappa shape index (κ1) is 14.8. The Bertz CT molecular complexity index is 626. The lowest BCUT2D eigenvalue weighted by Crippen LogP contribution is -2.33. The van der Waals surface area contributed by atoms with E-state index in [0.717, 1.165) is 6.07 Å². The topological polar surface area (TPSA) is 93.4 Å². The van der Waals surface area contributed by atoms with Crippen LogP contribution in [0.5, 0.6) is 0 Å². The number of aliphatic carboxylic acids is 1. The van der Waals surface area contributed by atoms with Gasteiger partial charge in [-0.05, 0) is 24.1 Å². The number of nitriles is 1. The molecule has 2 N–H and O–H groups in total. The lowest BCUT2D eigenvalue weighted by atomic mass is 9.99. The number of hydrogen-bond donors (Lipinski definition) is 2. The van der Waals surface area contributed by atoms with Crippen LogP contribution in [0.3, 0.4) is 0 Å². The molecule has 2 amide bonds.